The Balaban J connectivity index is 1.99. The lowest BCUT2D eigenvalue weighted by Gasteiger charge is -2.23. The Morgan fingerprint density at radius 2 is 2.21 bits per heavy atom. The van der Waals surface area contributed by atoms with E-state index >= 15 is 0 Å². The van der Waals surface area contributed by atoms with Gasteiger partial charge in [-0.1, -0.05) is 0 Å². The van der Waals surface area contributed by atoms with Gasteiger partial charge in [-0.25, -0.2) is 4.98 Å². The minimum absolute atomic E-state index is 0.218. The van der Waals surface area contributed by atoms with Gasteiger partial charge in [0, 0.05) is 19.0 Å². The normalized spacial score (nSPS) is 18.0. The van der Waals surface area contributed by atoms with Gasteiger partial charge in [0.15, 0.2) is 11.6 Å². The molecule has 0 aromatic carbocycles. The van der Waals surface area contributed by atoms with Crippen LogP contribution < -0.4 is 10.5 Å². The molecule has 0 unspecified atom stereocenters. The monoisotopic (exact) mass is 194 g/mol. The first-order valence-electron chi connectivity index (χ1n) is 4.81. The smallest absolute Gasteiger partial charge is 0.166 e. The zero-order valence-corrected chi connectivity index (χ0v) is 7.98. The maximum absolute atomic E-state index is 5.72. The Hall–Kier alpha value is -1.29. The highest BCUT2D eigenvalue weighted by molar-refractivity contribution is 5.44. The van der Waals surface area contributed by atoms with Gasteiger partial charge in [0.05, 0.1) is 13.2 Å². The van der Waals surface area contributed by atoms with Crippen molar-refractivity contribution in [2.45, 2.75) is 18.9 Å². The van der Waals surface area contributed by atoms with Crippen molar-refractivity contribution in [3.05, 3.63) is 18.3 Å². The van der Waals surface area contributed by atoms with Crippen molar-refractivity contribution in [3.8, 4) is 5.75 Å². The summed E-state index contributed by atoms with van der Waals surface area (Å²) < 4.78 is 11.0. The fourth-order valence-electron chi connectivity index (χ4n) is 1.48. The number of nitrogens with two attached hydrogens (primary N) is 1. The molecule has 0 amide bonds. The predicted molar refractivity (Wildman–Crippen MR) is 53.1 cm³/mol. The summed E-state index contributed by atoms with van der Waals surface area (Å²) in [4.78, 5) is 3.97. The van der Waals surface area contributed by atoms with E-state index < -0.39 is 0 Å². The number of pyridine rings is 1. The van der Waals surface area contributed by atoms with Crippen LogP contribution in [0.5, 0.6) is 5.75 Å². The highest BCUT2D eigenvalue weighted by Crippen LogP contribution is 2.21. The molecule has 0 atom stereocenters. The Bertz CT molecular complexity index is 298. The Kier molecular flexibility index (Phi) is 2.84. The van der Waals surface area contributed by atoms with E-state index in [1.165, 1.54) is 0 Å². The maximum Gasteiger partial charge on any atom is 0.166 e. The van der Waals surface area contributed by atoms with Crippen molar-refractivity contribution < 1.29 is 9.47 Å². The van der Waals surface area contributed by atoms with E-state index in [2.05, 4.69) is 4.98 Å². The molecule has 4 heteroatoms. The molecule has 76 valence electrons. The van der Waals surface area contributed by atoms with Crippen molar-refractivity contribution in [2.75, 3.05) is 18.9 Å². The lowest BCUT2D eigenvalue weighted by atomic mass is 10.1. The minimum Gasteiger partial charge on any atom is -0.486 e. The van der Waals surface area contributed by atoms with Crippen molar-refractivity contribution in [1.82, 2.24) is 4.98 Å². The van der Waals surface area contributed by atoms with Gasteiger partial charge in [0.2, 0.25) is 0 Å². The fraction of sp³-hybridized carbons (Fsp3) is 0.500. The summed E-state index contributed by atoms with van der Waals surface area (Å²) in [5, 5.41) is 0. The predicted octanol–water partition coefficient (Wildman–Crippen LogP) is 1.22. The average molecular weight is 194 g/mol. The summed E-state index contributed by atoms with van der Waals surface area (Å²) in [6.07, 6.45) is 3.73. The third-order valence-electron chi connectivity index (χ3n) is 2.26. The van der Waals surface area contributed by atoms with Crippen molar-refractivity contribution in [3.63, 3.8) is 0 Å². The second kappa shape index (κ2) is 4.28. The van der Waals surface area contributed by atoms with Crippen molar-refractivity contribution >= 4 is 5.82 Å². The third kappa shape index (κ3) is 2.14. The van der Waals surface area contributed by atoms with Gasteiger partial charge in [-0.2, -0.15) is 0 Å². The van der Waals surface area contributed by atoms with E-state index in [1.807, 2.05) is 12.1 Å². The summed E-state index contributed by atoms with van der Waals surface area (Å²) in [6.45, 7) is 1.54. The van der Waals surface area contributed by atoms with Crippen LogP contribution in [-0.2, 0) is 4.74 Å². The van der Waals surface area contributed by atoms with Crippen LogP contribution in [0.2, 0.25) is 0 Å². The van der Waals surface area contributed by atoms with Gasteiger partial charge < -0.3 is 15.2 Å². The van der Waals surface area contributed by atoms with Gasteiger partial charge in [-0.15, -0.1) is 0 Å². The molecule has 1 aromatic heterocycles. The number of hydrogen-bond donors (Lipinski definition) is 1. The van der Waals surface area contributed by atoms with Crippen molar-refractivity contribution in [1.29, 1.82) is 0 Å². The van der Waals surface area contributed by atoms with Crippen LogP contribution in [0.4, 0.5) is 5.82 Å². The van der Waals surface area contributed by atoms with Crippen LogP contribution in [0, 0.1) is 0 Å². The molecule has 0 spiro atoms. The molecule has 1 aliphatic rings. The number of ether oxygens (including phenoxy) is 2. The van der Waals surface area contributed by atoms with Gasteiger partial charge in [0.1, 0.15) is 6.10 Å². The number of aromatic nitrogens is 1. The average Bonchev–Trinajstić information content (AvgIpc) is 2.23. The summed E-state index contributed by atoms with van der Waals surface area (Å²) >= 11 is 0. The molecule has 14 heavy (non-hydrogen) atoms. The Morgan fingerprint density at radius 3 is 2.93 bits per heavy atom. The largest absolute Gasteiger partial charge is 0.486 e. The quantitative estimate of drug-likeness (QED) is 0.769. The number of hydrogen-bond acceptors (Lipinski definition) is 4. The lowest BCUT2D eigenvalue weighted by molar-refractivity contribution is 0.0257. The molecule has 1 aromatic rings. The summed E-state index contributed by atoms with van der Waals surface area (Å²) in [7, 11) is 0. The fourth-order valence-corrected chi connectivity index (χ4v) is 1.48. The SMILES string of the molecule is Nc1ncccc1OC1CCOCC1. The molecule has 4 nitrogen and oxygen atoms in total. The highest BCUT2D eigenvalue weighted by atomic mass is 16.5. The standard InChI is InChI=1S/C10H14N2O2/c11-10-9(2-1-5-12-10)14-8-3-6-13-7-4-8/h1-2,5,8H,3-4,6-7H2,(H2,11,12). The molecule has 1 fully saturated rings. The van der Waals surface area contributed by atoms with E-state index in [9.17, 15) is 0 Å². The highest BCUT2D eigenvalue weighted by Gasteiger charge is 2.16. The summed E-state index contributed by atoms with van der Waals surface area (Å²) in [5.41, 5.74) is 5.67. The molecule has 1 saturated heterocycles. The first-order chi connectivity index (χ1) is 6.86. The summed E-state index contributed by atoms with van der Waals surface area (Å²) in [6, 6.07) is 3.67. The van der Waals surface area contributed by atoms with E-state index in [-0.39, 0.29) is 6.10 Å². The zero-order chi connectivity index (χ0) is 9.80. The number of anilines is 1. The zero-order valence-electron chi connectivity index (χ0n) is 7.98. The van der Waals surface area contributed by atoms with Gasteiger partial charge in [-0.05, 0) is 12.1 Å². The van der Waals surface area contributed by atoms with Crippen LogP contribution in [0.15, 0.2) is 18.3 Å². The van der Waals surface area contributed by atoms with E-state index in [0.717, 1.165) is 26.1 Å². The van der Waals surface area contributed by atoms with E-state index in [4.69, 9.17) is 15.2 Å². The second-order valence-electron chi connectivity index (χ2n) is 3.32. The third-order valence-corrected chi connectivity index (χ3v) is 2.26. The molecule has 2 rings (SSSR count). The molecule has 0 bridgehead atoms. The number of nitrogens with zero attached hydrogens (tertiary/aromatic N) is 1. The van der Waals surface area contributed by atoms with Gasteiger partial charge >= 0.3 is 0 Å². The van der Waals surface area contributed by atoms with Gasteiger partial charge in [-0.3, -0.25) is 0 Å². The molecule has 0 aliphatic carbocycles. The molecular formula is C10H14N2O2. The van der Waals surface area contributed by atoms with Crippen LogP contribution in [0.1, 0.15) is 12.8 Å². The van der Waals surface area contributed by atoms with E-state index in [0.29, 0.717) is 11.6 Å². The molecule has 2 heterocycles. The lowest BCUT2D eigenvalue weighted by Crippen LogP contribution is -2.26. The Labute approximate surface area is 83.0 Å². The topological polar surface area (TPSA) is 57.4 Å². The Morgan fingerprint density at radius 1 is 1.43 bits per heavy atom. The van der Waals surface area contributed by atoms with Crippen LogP contribution in [0.3, 0.4) is 0 Å². The van der Waals surface area contributed by atoms with Crippen molar-refractivity contribution in [2.24, 2.45) is 0 Å². The molecule has 1 aliphatic heterocycles. The first kappa shape index (κ1) is 9.27. The second-order valence-corrected chi connectivity index (χ2v) is 3.32. The number of nitrogen functional groups attached to an aromatic ring is 1. The number of rotatable bonds is 2. The summed E-state index contributed by atoms with van der Waals surface area (Å²) in [5.74, 6) is 1.14. The maximum atomic E-state index is 5.72. The van der Waals surface area contributed by atoms with Crippen LogP contribution in [0.25, 0.3) is 0 Å². The first-order valence-corrected chi connectivity index (χ1v) is 4.81. The van der Waals surface area contributed by atoms with Crippen LogP contribution >= 0.6 is 0 Å². The molecule has 2 N–H and O–H groups in total. The molecular weight excluding hydrogens is 180 g/mol. The minimum atomic E-state index is 0.218. The van der Waals surface area contributed by atoms with Gasteiger partial charge in [0.25, 0.3) is 0 Å². The van der Waals surface area contributed by atoms with Crippen LogP contribution in [-0.4, -0.2) is 24.3 Å². The van der Waals surface area contributed by atoms with E-state index in [1.54, 1.807) is 6.20 Å². The molecule has 0 saturated carbocycles. The molecule has 0 radical (unpaired) electrons.